The average molecular weight is 472 g/mol. The van der Waals surface area contributed by atoms with E-state index in [1.165, 1.54) is 10.4 Å². The molecule has 26 heavy (non-hydrogen) atoms. The molecule has 0 aliphatic heterocycles. The summed E-state index contributed by atoms with van der Waals surface area (Å²) in [5.74, 6) is 0.958. The average Bonchev–Trinajstić information content (AvgIpc) is 2.90. The van der Waals surface area contributed by atoms with Gasteiger partial charge in [-0.25, -0.2) is 0 Å². The van der Waals surface area contributed by atoms with E-state index in [4.69, 9.17) is 8.85 Å². The zero-order valence-corrected chi connectivity index (χ0v) is 21.5. The molecule has 0 aliphatic rings. The van der Waals surface area contributed by atoms with Gasteiger partial charge in [-0.1, -0.05) is 32.9 Å². The molecule has 1 aromatic carbocycles. The van der Waals surface area contributed by atoms with Crippen LogP contribution in [0.25, 0.3) is 0 Å². The monoisotopic (exact) mass is 470 g/mol. The lowest BCUT2D eigenvalue weighted by Gasteiger charge is -2.36. The number of hydrogen-bond donors (Lipinski definition) is 0. The van der Waals surface area contributed by atoms with Crippen molar-refractivity contribution < 1.29 is 8.85 Å². The molecule has 0 aliphatic carbocycles. The molecule has 1 atom stereocenters. The van der Waals surface area contributed by atoms with Gasteiger partial charge in [0.2, 0.25) is 8.32 Å². The molecule has 1 unspecified atom stereocenters. The molecular weight excluding hydrogens is 440 g/mol. The van der Waals surface area contributed by atoms with Gasteiger partial charge >= 0.3 is 0 Å². The number of halogens is 1. The van der Waals surface area contributed by atoms with E-state index >= 15 is 0 Å². The van der Waals surface area contributed by atoms with E-state index in [0.29, 0.717) is 0 Å². The van der Waals surface area contributed by atoms with Crippen LogP contribution in [0.2, 0.25) is 37.8 Å². The molecule has 2 aromatic rings. The van der Waals surface area contributed by atoms with Crippen molar-refractivity contribution in [3.8, 4) is 5.75 Å². The van der Waals surface area contributed by atoms with Crippen molar-refractivity contribution in [3.63, 3.8) is 0 Å². The smallest absolute Gasteiger partial charge is 0.250 e. The summed E-state index contributed by atoms with van der Waals surface area (Å²) >= 11 is 5.30. The number of hydrogen-bond acceptors (Lipinski definition) is 3. The van der Waals surface area contributed by atoms with Gasteiger partial charge in [0, 0.05) is 14.7 Å². The molecule has 0 radical (unpaired) electrons. The molecular formula is C20H31BrO2SSi2. The summed E-state index contributed by atoms with van der Waals surface area (Å²) in [5.41, 5.74) is 1.18. The minimum absolute atomic E-state index is 0.0140. The molecule has 144 valence electrons. The van der Waals surface area contributed by atoms with E-state index in [2.05, 4.69) is 105 Å². The molecule has 2 rings (SSSR count). The first kappa shape index (κ1) is 21.9. The Morgan fingerprint density at radius 3 is 2.00 bits per heavy atom. The van der Waals surface area contributed by atoms with Crippen molar-refractivity contribution in [1.82, 2.24) is 0 Å². The van der Waals surface area contributed by atoms with Gasteiger partial charge in [-0.3, -0.25) is 0 Å². The standard InChI is InChI=1S/C20H31BrO2SSi2/c1-20(2,3)26(7,8)22-17-11-9-15(10-12-17)19(23-25(4,5)6)18-13-16(21)14-24-18/h9-14,19H,1-8H3. The highest BCUT2D eigenvalue weighted by atomic mass is 79.9. The first-order chi connectivity index (χ1) is 11.8. The third-order valence-corrected chi connectivity index (χ3v) is 11.7. The van der Waals surface area contributed by atoms with Crippen molar-refractivity contribution in [3.05, 3.63) is 50.6 Å². The second-order valence-electron chi connectivity index (χ2n) is 9.21. The molecule has 0 amide bonds. The Hall–Kier alpha value is -0.406. The SMILES string of the molecule is CC(C)(C)[Si](C)(C)Oc1ccc(C(O[Si](C)(C)C)c2cc(Br)cs2)cc1. The van der Waals surface area contributed by atoms with E-state index in [0.717, 1.165) is 10.2 Å². The predicted molar refractivity (Wildman–Crippen MR) is 123 cm³/mol. The third kappa shape index (κ3) is 5.79. The molecule has 0 bridgehead atoms. The summed E-state index contributed by atoms with van der Waals surface area (Å²) in [6, 6.07) is 10.7. The summed E-state index contributed by atoms with van der Waals surface area (Å²) in [4.78, 5) is 1.23. The molecule has 0 saturated heterocycles. The van der Waals surface area contributed by atoms with Gasteiger partial charge in [0.15, 0.2) is 8.32 Å². The highest BCUT2D eigenvalue weighted by molar-refractivity contribution is 9.10. The van der Waals surface area contributed by atoms with Crippen LogP contribution >= 0.6 is 27.3 Å². The number of thiophene rings is 1. The summed E-state index contributed by atoms with van der Waals surface area (Å²) < 4.78 is 14.0. The Kier molecular flexibility index (Phi) is 6.66. The topological polar surface area (TPSA) is 18.5 Å². The summed E-state index contributed by atoms with van der Waals surface area (Å²) in [5, 5.41) is 2.31. The van der Waals surface area contributed by atoms with E-state index in [1.807, 2.05) is 0 Å². The maximum atomic E-state index is 6.51. The van der Waals surface area contributed by atoms with Gasteiger partial charge in [-0.15, -0.1) is 11.3 Å². The zero-order valence-electron chi connectivity index (χ0n) is 17.1. The highest BCUT2D eigenvalue weighted by Crippen LogP contribution is 2.39. The highest BCUT2D eigenvalue weighted by Gasteiger charge is 2.39. The lowest BCUT2D eigenvalue weighted by molar-refractivity contribution is 0.243. The molecule has 0 N–H and O–H groups in total. The van der Waals surface area contributed by atoms with E-state index < -0.39 is 16.6 Å². The Morgan fingerprint density at radius 2 is 1.58 bits per heavy atom. The van der Waals surface area contributed by atoms with Crippen LogP contribution in [0.5, 0.6) is 5.75 Å². The maximum absolute atomic E-state index is 6.51. The largest absolute Gasteiger partial charge is 0.544 e. The van der Waals surface area contributed by atoms with Crippen molar-refractivity contribution in [1.29, 1.82) is 0 Å². The molecule has 1 heterocycles. The first-order valence-electron chi connectivity index (χ1n) is 8.99. The van der Waals surface area contributed by atoms with E-state index in [-0.39, 0.29) is 11.1 Å². The number of rotatable bonds is 6. The summed E-state index contributed by atoms with van der Waals surface area (Å²) in [6.07, 6.45) is -0.0140. The van der Waals surface area contributed by atoms with Crippen molar-refractivity contribution >= 4 is 43.9 Å². The molecule has 0 saturated carbocycles. The third-order valence-electron chi connectivity index (χ3n) is 4.68. The van der Waals surface area contributed by atoms with Crippen LogP contribution in [0.3, 0.4) is 0 Å². The molecule has 0 fully saturated rings. The van der Waals surface area contributed by atoms with Crippen molar-refractivity contribution in [2.75, 3.05) is 0 Å². The second kappa shape index (κ2) is 7.91. The van der Waals surface area contributed by atoms with Crippen molar-refractivity contribution in [2.24, 2.45) is 0 Å². The van der Waals surface area contributed by atoms with Crippen molar-refractivity contribution in [2.45, 2.75) is 64.6 Å². The van der Waals surface area contributed by atoms with Crippen LogP contribution in [0.1, 0.15) is 37.3 Å². The van der Waals surface area contributed by atoms with Gasteiger partial charge in [0.05, 0.1) is 0 Å². The summed E-state index contributed by atoms with van der Waals surface area (Å²) in [6.45, 7) is 18.1. The zero-order chi connectivity index (χ0) is 19.8. The van der Waals surface area contributed by atoms with Crippen LogP contribution < -0.4 is 4.43 Å². The molecule has 0 spiro atoms. The molecule has 6 heteroatoms. The van der Waals surface area contributed by atoms with Gasteiger partial charge in [0.25, 0.3) is 0 Å². The van der Waals surface area contributed by atoms with Crippen LogP contribution in [-0.4, -0.2) is 16.6 Å². The minimum Gasteiger partial charge on any atom is -0.544 e. The van der Waals surface area contributed by atoms with E-state index in [1.54, 1.807) is 11.3 Å². The van der Waals surface area contributed by atoms with Gasteiger partial charge in [-0.2, -0.15) is 0 Å². The predicted octanol–water partition coefficient (Wildman–Crippen LogP) is 7.84. The minimum atomic E-state index is -1.82. The fourth-order valence-corrected chi connectivity index (χ4v) is 5.85. The van der Waals surface area contributed by atoms with Crippen LogP contribution in [0.4, 0.5) is 0 Å². The van der Waals surface area contributed by atoms with Crippen LogP contribution in [0.15, 0.2) is 40.2 Å². The fourth-order valence-electron chi connectivity index (χ4n) is 2.27. The first-order valence-corrected chi connectivity index (χ1v) is 17.0. The van der Waals surface area contributed by atoms with Gasteiger partial charge in [-0.05, 0) is 77.5 Å². The maximum Gasteiger partial charge on any atom is 0.250 e. The Bertz CT molecular complexity index is 728. The second-order valence-corrected chi connectivity index (χ2v) is 20.3. The van der Waals surface area contributed by atoms with E-state index in [9.17, 15) is 0 Å². The van der Waals surface area contributed by atoms with Crippen LogP contribution in [-0.2, 0) is 4.43 Å². The lowest BCUT2D eigenvalue weighted by atomic mass is 10.1. The van der Waals surface area contributed by atoms with Gasteiger partial charge in [0.1, 0.15) is 11.9 Å². The summed E-state index contributed by atoms with van der Waals surface area (Å²) in [7, 11) is -3.50. The van der Waals surface area contributed by atoms with Gasteiger partial charge < -0.3 is 8.85 Å². The molecule has 2 nitrogen and oxygen atoms in total. The Balaban J connectivity index is 2.28. The fraction of sp³-hybridized carbons (Fsp3) is 0.500. The quantitative estimate of drug-likeness (QED) is 0.400. The lowest BCUT2D eigenvalue weighted by Crippen LogP contribution is -2.43. The molecule has 1 aromatic heterocycles. The Morgan fingerprint density at radius 1 is 1.00 bits per heavy atom. The van der Waals surface area contributed by atoms with Crippen LogP contribution in [0, 0.1) is 0 Å². The number of benzene rings is 1. The Labute approximate surface area is 173 Å². The normalized spacial score (nSPS) is 14.3.